The fourth-order valence-electron chi connectivity index (χ4n) is 1.57. The van der Waals surface area contributed by atoms with Gasteiger partial charge < -0.3 is 0 Å². The Morgan fingerprint density at radius 1 is 1.44 bits per heavy atom. The molecule has 3 nitrogen and oxygen atoms in total. The van der Waals surface area contributed by atoms with Crippen molar-refractivity contribution in [3.63, 3.8) is 0 Å². The molecule has 1 N–H and O–H groups in total. The number of amides is 1. The molecular weight excluding hydrogens is 220 g/mol. The summed E-state index contributed by atoms with van der Waals surface area (Å²) in [5, 5.41) is 1.67. The van der Waals surface area contributed by atoms with E-state index in [1.54, 1.807) is 16.3 Å². The van der Waals surface area contributed by atoms with Crippen molar-refractivity contribution in [1.82, 2.24) is 10.4 Å². The zero-order valence-corrected chi connectivity index (χ0v) is 11.3. The van der Waals surface area contributed by atoms with E-state index in [0.29, 0.717) is 0 Å². The van der Waals surface area contributed by atoms with Crippen molar-refractivity contribution in [1.29, 1.82) is 0 Å². The fraction of sp³-hybridized carbons (Fsp3) is 0.583. The van der Waals surface area contributed by atoms with Crippen molar-refractivity contribution in [2.75, 3.05) is 14.1 Å². The molecule has 1 amide bonds. The number of nitrogens with one attached hydrogen (secondary N) is 1. The summed E-state index contributed by atoms with van der Waals surface area (Å²) in [4.78, 5) is 14.0. The zero-order valence-electron chi connectivity index (χ0n) is 10.5. The molecule has 16 heavy (non-hydrogen) atoms. The standard InChI is InChI=1S/C12H20N2OS/c1-5-7-10-9(6-2)8-11(16-10)12(15)13-14(3)4/h8H,5-7H2,1-4H3,(H,13,15). The van der Waals surface area contributed by atoms with Crippen LogP contribution in [0.4, 0.5) is 0 Å². The van der Waals surface area contributed by atoms with Crippen LogP contribution in [0.15, 0.2) is 6.07 Å². The van der Waals surface area contributed by atoms with Crippen molar-refractivity contribution in [3.8, 4) is 0 Å². The lowest BCUT2D eigenvalue weighted by molar-refractivity contribution is 0.0861. The van der Waals surface area contributed by atoms with Crippen LogP contribution in [-0.4, -0.2) is 25.0 Å². The lowest BCUT2D eigenvalue weighted by Crippen LogP contribution is -2.35. The van der Waals surface area contributed by atoms with Gasteiger partial charge >= 0.3 is 0 Å². The Hall–Kier alpha value is -0.870. The van der Waals surface area contributed by atoms with Gasteiger partial charge in [0.05, 0.1) is 4.88 Å². The Bertz CT molecular complexity index is 358. The van der Waals surface area contributed by atoms with Gasteiger partial charge in [0.15, 0.2) is 0 Å². The van der Waals surface area contributed by atoms with Crippen LogP contribution in [0.1, 0.15) is 40.4 Å². The second kappa shape index (κ2) is 6.01. The highest BCUT2D eigenvalue weighted by molar-refractivity contribution is 7.14. The Balaban J connectivity index is 2.85. The molecule has 1 heterocycles. The first-order valence-corrected chi connectivity index (χ1v) is 6.50. The molecule has 1 aromatic rings. The molecule has 0 saturated carbocycles. The van der Waals surface area contributed by atoms with Crippen LogP contribution in [0.3, 0.4) is 0 Å². The largest absolute Gasteiger partial charge is 0.285 e. The molecule has 90 valence electrons. The van der Waals surface area contributed by atoms with E-state index in [4.69, 9.17) is 0 Å². The highest BCUT2D eigenvalue weighted by atomic mass is 32.1. The average molecular weight is 240 g/mol. The van der Waals surface area contributed by atoms with Crippen molar-refractivity contribution in [3.05, 3.63) is 21.4 Å². The highest BCUT2D eigenvalue weighted by Gasteiger charge is 2.13. The molecule has 4 heteroatoms. The highest BCUT2D eigenvalue weighted by Crippen LogP contribution is 2.24. The number of hydrazine groups is 1. The van der Waals surface area contributed by atoms with Gasteiger partial charge in [-0.2, -0.15) is 0 Å². The van der Waals surface area contributed by atoms with E-state index in [1.807, 2.05) is 20.2 Å². The summed E-state index contributed by atoms with van der Waals surface area (Å²) in [5.74, 6) is -0.00736. The molecule has 0 spiro atoms. The molecule has 1 rings (SSSR count). The Morgan fingerprint density at radius 3 is 2.62 bits per heavy atom. The lowest BCUT2D eigenvalue weighted by Gasteiger charge is -2.09. The summed E-state index contributed by atoms with van der Waals surface area (Å²) >= 11 is 1.62. The normalized spacial score (nSPS) is 10.8. The third-order valence-electron chi connectivity index (χ3n) is 2.30. The third kappa shape index (κ3) is 3.32. The maximum Gasteiger partial charge on any atom is 0.275 e. The predicted molar refractivity (Wildman–Crippen MR) is 68.8 cm³/mol. The monoisotopic (exact) mass is 240 g/mol. The van der Waals surface area contributed by atoms with Gasteiger partial charge in [-0.3, -0.25) is 10.2 Å². The molecule has 0 unspecified atom stereocenters. The fourth-order valence-corrected chi connectivity index (χ4v) is 2.82. The van der Waals surface area contributed by atoms with E-state index in [0.717, 1.165) is 24.1 Å². The van der Waals surface area contributed by atoms with E-state index >= 15 is 0 Å². The molecule has 0 bridgehead atoms. The van der Waals surface area contributed by atoms with Gasteiger partial charge in [-0.25, -0.2) is 5.01 Å². The minimum Gasteiger partial charge on any atom is -0.285 e. The number of rotatable bonds is 5. The van der Waals surface area contributed by atoms with Crippen molar-refractivity contribution in [2.24, 2.45) is 0 Å². The summed E-state index contributed by atoms with van der Waals surface area (Å²) in [7, 11) is 3.64. The molecule has 0 aromatic carbocycles. The van der Waals surface area contributed by atoms with Gasteiger partial charge in [0.1, 0.15) is 0 Å². The van der Waals surface area contributed by atoms with E-state index < -0.39 is 0 Å². The first-order valence-electron chi connectivity index (χ1n) is 5.68. The molecule has 0 aliphatic rings. The maximum atomic E-state index is 11.8. The average Bonchev–Trinajstić information content (AvgIpc) is 2.61. The van der Waals surface area contributed by atoms with Crippen LogP contribution in [0.25, 0.3) is 0 Å². The third-order valence-corrected chi connectivity index (χ3v) is 3.54. The molecule has 0 aliphatic heterocycles. The second-order valence-corrected chi connectivity index (χ2v) is 5.13. The van der Waals surface area contributed by atoms with Gasteiger partial charge in [-0.1, -0.05) is 20.3 Å². The van der Waals surface area contributed by atoms with E-state index in [2.05, 4.69) is 19.3 Å². The second-order valence-electron chi connectivity index (χ2n) is 4.00. The van der Waals surface area contributed by atoms with Gasteiger partial charge in [0.2, 0.25) is 0 Å². The number of aryl methyl sites for hydroxylation is 2. The molecule has 1 aromatic heterocycles. The van der Waals surface area contributed by atoms with Gasteiger partial charge in [0.25, 0.3) is 5.91 Å². The lowest BCUT2D eigenvalue weighted by atomic mass is 10.1. The van der Waals surface area contributed by atoms with E-state index in [-0.39, 0.29) is 5.91 Å². The van der Waals surface area contributed by atoms with Crippen LogP contribution in [0, 0.1) is 0 Å². The van der Waals surface area contributed by atoms with Crippen LogP contribution >= 0.6 is 11.3 Å². The molecule has 0 atom stereocenters. The van der Waals surface area contributed by atoms with E-state index in [9.17, 15) is 4.79 Å². The number of carbonyl (C=O) groups excluding carboxylic acids is 1. The summed E-state index contributed by atoms with van der Waals surface area (Å²) in [6, 6.07) is 2.02. The summed E-state index contributed by atoms with van der Waals surface area (Å²) in [6.07, 6.45) is 3.20. The minimum atomic E-state index is -0.00736. The summed E-state index contributed by atoms with van der Waals surface area (Å²) in [6.45, 7) is 4.30. The van der Waals surface area contributed by atoms with Gasteiger partial charge in [-0.05, 0) is 24.5 Å². The first-order chi connectivity index (χ1) is 7.58. The SMILES string of the molecule is CCCc1sc(C(=O)NN(C)C)cc1CC. The van der Waals surface area contributed by atoms with Crippen molar-refractivity contribution < 1.29 is 4.79 Å². The molecule has 0 radical (unpaired) electrons. The van der Waals surface area contributed by atoms with Gasteiger partial charge in [0, 0.05) is 19.0 Å². The number of carbonyl (C=O) groups is 1. The predicted octanol–water partition coefficient (Wildman–Crippen LogP) is 2.47. The Morgan fingerprint density at radius 2 is 2.12 bits per heavy atom. The van der Waals surface area contributed by atoms with Crippen LogP contribution in [0.5, 0.6) is 0 Å². The van der Waals surface area contributed by atoms with Crippen LogP contribution < -0.4 is 5.43 Å². The number of hydrogen-bond donors (Lipinski definition) is 1. The summed E-state index contributed by atoms with van der Waals surface area (Å²) < 4.78 is 0. The molecule has 0 saturated heterocycles. The zero-order chi connectivity index (χ0) is 12.1. The Kier molecular flexibility index (Phi) is 4.96. The van der Waals surface area contributed by atoms with E-state index in [1.165, 1.54) is 10.4 Å². The first kappa shape index (κ1) is 13.2. The molecule has 0 aliphatic carbocycles. The number of nitrogens with zero attached hydrogens (tertiary/aromatic N) is 1. The smallest absolute Gasteiger partial charge is 0.275 e. The summed E-state index contributed by atoms with van der Waals surface area (Å²) in [5.41, 5.74) is 4.09. The van der Waals surface area contributed by atoms with Gasteiger partial charge in [-0.15, -0.1) is 11.3 Å². The molecular formula is C12H20N2OS. The number of thiophene rings is 1. The van der Waals surface area contributed by atoms with Crippen molar-refractivity contribution in [2.45, 2.75) is 33.1 Å². The topological polar surface area (TPSA) is 32.3 Å². The maximum absolute atomic E-state index is 11.8. The van der Waals surface area contributed by atoms with Crippen LogP contribution in [-0.2, 0) is 12.8 Å². The number of hydrogen-bond acceptors (Lipinski definition) is 3. The quantitative estimate of drug-likeness (QED) is 0.802. The Labute approximate surface area is 101 Å². The van der Waals surface area contributed by atoms with Crippen LogP contribution in [0.2, 0.25) is 0 Å². The minimum absolute atomic E-state index is 0.00736. The molecule has 0 fully saturated rings. The van der Waals surface area contributed by atoms with Crippen molar-refractivity contribution >= 4 is 17.2 Å².